The minimum Gasteiger partial charge on any atom is -0.342 e. The Morgan fingerprint density at radius 3 is 2.03 bits per heavy atom. The van der Waals surface area contributed by atoms with Crippen LogP contribution >= 0.6 is 11.3 Å². The van der Waals surface area contributed by atoms with Crippen LogP contribution < -0.4 is 0 Å². The van der Waals surface area contributed by atoms with Crippen LogP contribution in [0.1, 0.15) is 11.6 Å². The van der Waals surface area contributed by atoms with E-state index >= 15 is 0 Å². The Bertz CT molecular complexity index is 2140. The number of imidazole rings is 2. The second-order valence-electron chi connectivity index (χ2n) is 9.20. The number of rotatable bonds is 1. The smallest absolute Gasteiger partial charge is 0.104 e. The zero-order valence-corrected chi connectivity index (χ0v) is 19.9. The summed E-state index contributed by atoms with van der Waals surface area (Å²) >= 11 is 1.78. The number of benzene rings is 4. The Labute approximate surface area is 203 Å². The van der Waals surface area contributed by atoms with Crippen molar-refractivity contribution >= 4 is 75.8 Å². The van der Waals surface area contributed by atoms with E-state index in [4.69, 9.17) is 9.97 Å². The van der Waals surface area contributed by atoms with E-state index in [9.17, 15) is 0 Å². The number of hydrogen-bond acceptors (Lipinski definition) is 4. The Kier molecular flexibility index (Phi) is 3.62. The third-order valence-corrected chi connectivity index (χ3v) is 8.03. The van der Waals surface area contributed by atoms with Gasteiger partial charge in [0, 0.05) is 44.0 Å². The van der Waals surface area contributed by atoms with Gasteiger partial charge in [-0.2, -0.15) is 0 Å². The maximum Gasteiger partial charge on any atom is 0.104 e. The molecular weight excluding hydrogens is 450 g/mol. The molecule has 0 spiro atoms. The summed E-state index contributed by atoms with van der Waals surface area (Å²) in [5.74, 6) is 1.86. The van der Waals surface area contributed by atoms with E-state index in [-0.39, 0.29) is 0 Å². The highest BCUT2D eigenvalue weighted by Gasteiger charge is 2.16. The van der Waals surface area contributed by atoms with Crippen LogP contribution in [0.25, 0.3) is 75.6 Å². The molecule has 0 amide bonds. The van der Waals surface area contributed by atoms with Gasteiger partial charge >= 0.3 is 0 Å². The summed E-state index contributed by atoms with van der Waals surface area (Å²) in [5, 5.41) is 10.5. The molecule has 35 heavy (non-hydrogen) atoms. The predicted molar refractivity (Wildman–Crippen MR) is 146 cm³/mol. The number of aryl methyl sites for hydroxylation is 2. The Morgan fingerprint density at radius 1 is 0.629 bits per heavy atom. The molecular formula is C29H19N5S. The van der Waals surface area contributed by atoms with Crippen molar-refractivity contribution < 1.29 is 0 Å². The Hall–Kier alpha value is -4.29. The van der Waals surface area contributed by atoms with E-state index in [0.717, 1.165) is 39.1 Å². The first-order valence-electron chi connectivity index (χ1n) is 11.6. The van der Waals surface area contributed by atoms with Crippen molar-refractivity contribution in [1.82, 2.24) is 24.9 Å². The van der Waals surface area contributed by atoms with Gasteiger partial charge in [-0.25, -0.2) is 9.97 Å². The molecule has 2 N–H and O–H groups in total. The van der Waals surface area contributed by atoms with Crippen molar-refractivity contribution in [3.05, 3.63) is 78.0 Å². The van der Waals surface area contributed by atoms with Gasteiger partial charge in [0.1, 0.15) is 11.6 Å². The van der Waals surface area contributed by atoms with Gasteiger partial charge in [-0.15, -0.1) is 11.3 Å². The van der Waals surface area contributed by atoms with Gasteiger partial charge in [0.15, 0.2) is 0 Å². The number of nitrogens with one attached hydrogen (secondary N) is 2. The fourth-order valence-corrected chi connectivity index (χ4v) is 6.51. The van der Waals surface area contributed by atoms with Crippen LogP contribution in [0.5, 0.6) is 0 Å². The Balaban J connectivity index is 1.44. The quantitative estimate of drug-likeness (QED) is 0.241. The first-order chi connectivity index (χ1) is 17.2. The van der Waals surface area contributed by atoms with Crippen molar-refractivity contribution in [2.24, 2.45) is 0 Å². The first kappa shape index (κ1) is 19.1. The minimum atomic E-state index is 0.914. The number of thiophene rings is 1. The normalized spacial score (nSPS) is 12.3. The molecule has 0 saturated carbocycles. The van der Waals surface area contributed by atoms with Crippen LogP contribution in [0.15, 0.2) is 66.3 Å². The van der Waals surface area contributed by atoms with Gasteiger partial charge in [0.25, 0.3) is 0 Å². The molecule has 0 aliphatic heterocycles. The highest BCUT2D eigenvalue weighted by atomic mass is 32.1. The lowest BCUT2D eigenvalue weighted by Crippen LogP contribution is -1.86. The van der Waals surface area contributed by atoms with Crippen molar-refractivity contribution in [2.75, 3.05) is 0 Å². The van der Waals surface area contributed by atoms with Crippen LogP contribution in [0.3, 0.4) is 0 Å². The van der Waals surface area contributed by atoms with E-state index < -0.39 is 0 Å². The molecule has 0 unspecified atom stereocenters. The highest BCUT2D eigenvalue weighted by Crippen LogP contribution is 2.40. The average Bonchev–Trinajstić information content (AvgIpc) is 3.61. The third-order valence-electron chi connectivity index (χ3n) is 7.09. The summed E-state index contributed by atoms with van der Waals surface area (Å²) in [6.45, 7) is 4.02. The van der Waals surface area contributed by atoms with Crippen LogP contribution in [0, 0.1) is 13.8 Å². The number of pyridine rings is 1. The maximum atomic E-state index is 4.77. The monoisotopic (exact) mass is 469 g/mol. The molecule has 0 saturated heterocycles. The predicted octanol–water partition coefficient (Wildman–Crippen LogP) is 7.79. The number of aromatic nitrogens is 5. The van der Waals surface area contributed by atoms with E-state index in [0.29, 0.717) is 0 Å². The molecule has 4 heterocycles. The molecule has 0 radical (unpaired) electrons. The van der Waals surface area contributed by atoms with Crippen molar-refractivity contribution in [3.8, 4) is 11.1 Å². The van der Waals surface area contributed by atoms with Gasteiger partial charge in [-0.05, 0) is 65.4 Å². The number of fused-ring (bicyclic) bond motifs is 12. The fourth-order valence-electron chi connectivity index (χ4n) is 5.58. The van der Waals surface area contributed by atoms with E-state index in [1.165, 1.54) is 48.1 Å². The molecule has 0 bridgehead atoms. The van der Waals surface area contributed by atoms with E-state index in [2.05, 4.69) is 68.9 Å². The fraction of sp³-hybridized carbons (Fsp3) is 0.0690. The molecule has 0 aliphatic carbocycles. The summed E-state index contributed by atoms with van der Waals surface area (Å²) in [5.41, 5.74) is 6.62. The van der Waals surface area contributed by atoms with Gasteiger partial charge < -0.3 is 9.97 Å². The maximum absolute atomic E-state index is 4.77. The van der Waals surface area contributed by atoms with E-state index in [1.54, 1.807) is 11.3 Å². The zero-order chi connectivity index (χ0) is 23.3. The van der Waals surface area contributed by atoms with Crippen LogP contribution in [0.2, 0.25) is 0 Å². The summed E-state index contributed by atoms with van der Waals surface area (Å²) < 4.78 is 1.29. The standard InChI is InChI=1S/C29H19N5S/c1-14-32-26-20-6-4-17(12-23(20)29-21(8-10-35-29)27(26)33-14)16-3-5-19-22(11-16)18-7-9-30-13-24(18)28-25(19)31-15(2)34-28/h3-13H,1-2H3,(H,31,34)(H,32,33). The second-order valence-corrected chi connectivity index (χ2v) is 10.1. The summed E-state index contributed by atoms with van der Waals surface area (Å²) in [4.78, 5) is 20.9. The molecule has 166 valence electrons. The summed E-state index contributed by atoms with van der Waals surface area (Å²) in [7, 11) is 0. The lowest BCUT2D eigenvalue weighted by molar-refractivity contribution is 1.17. The number of aromatic amines is 2. The molecule has 8 rings (SSSR count). The molecule has 4 aromatic heterocycles. The first-order valence-corrected chi connectivity index (χ1v) is 12.5. The largest absolute Gasteiger partial charge is 0.342 e. The van der Waals surface area contributed by atoms with Crippen LogP contribution in [-0.4, -0.2) is 24.9 Å². The van der Waals surface area contributed by atoms with Crippen molar-refractivity contribution in [3.63, 3.8) is 0 Å². The molecule has 0 atom stereocenters. The van der Waals surface area contributed by atoms with Gasteiger partial charge in [-0.3, -0.25) is 4.98 Å². The molecule has 5 nitrogen and oxygen atoms in total. The van der Waals surface area contributed by atoms with Gasteiger partial charge in [0.2, 0.25) is 0 Å². The number of H-pyrrole nitrogens is 2. The van der Waals surface area contributed by atoms with Crippen molar-refractivity contribution in [2.45, 2.75) is 13.8 Å². The molecule has 8 aromatic rings. The Morgan fingerprint density at radius 2 is 1.29 bits per heavy atom. The lowest BCUT2D eigenvalue weighted by atomic mass is 9.95. The number of hydrogen-bond donors (Lipinski definition) is 2. The number of nitrogens with zero attached hydrogens (tertiary/aromatic N) is 3. The average molecular weight is 470 g/mol. The minimum absolute atomic E-state index is 0.914. The van der Waals surface area contributed by atoms with Crippen LogP contribution in [0.4, 0.5) is 0 Å². The topological polar surface area (TPSA) is 70.2 Å². The van der Waals surface area contributed by atoms with Gasteiger partial charge in [-0.1, -0.05) is 24.3 Å². The molecule has 0 aliphatic rings. The van der Waals surface area contributed by atoms with Gasteiger partial charge in [0.05, 0.1) is 22.1 Å². The summed E-state index contributed by atoms with van der Waals surface area (Å²) in [6, 6.07) is 17.8. The summed E-state index contributed by atoms with van der Waals surface area (Å²) in [6.07, 6.45) is 3.78. The van der Waals surface area contributed by atoms with E-state index in [1.807, 2.05) is 26.2 Å². The third kappa shape index (κ3) is 2.54. The molecule has 0 fully saturated rings. The second kappa shape index (κ2) is 6.64. The highest BCUT2D eigenvalue weighted by molar-refractivity contribution is 7.18. The van der Waals surface area contributed by atoms with Crippen LogP contribution in [-0.2, 0) is 0 Å². The molecule has 4 aromatic carbocycles. The zero-order valence-electron chi connectivity index (χ0n) is 19.1. The van der Waals surface area contributed by atoms with Crippen molar-refractivity contribution in [1.29, 1.82) is 0 Å². The lowest BCUT2D eigenvalue weighted by Gasteiger charge is -2.10. The SMILES string of the molecule is Cc1nc2c3cnccc3c3cc(-c4ccc5c(c4)c4sccc4c4nc(C)[nH]c54)ccc3c2[nH]1. The molecule has 6 heteroatoms.